The van der Waals surface area contributed by atoms with Crippen molar-refractivity contribution < 1.29 is 0 Å². The van der Waals surface area contributed by atoms with Crippen LogP contribution in [0.4, 0.5) is 0 Å². The van der Waals surface area contributed by atoms with Crippen LogP contribution < -0.4 is 0 Å². The SMILES string of the molecule is CN=CN(C)C.Cl.Cl. The van der Waals surface area contributed by atoms with E-state index in [0.717, 1.165) is 0 Å². The first-order valence-electron chi connectivity index (χ1n) is 1.86. The van der Waals surface area contributed by atoms with Gasteiger partial charge >= 0.3 is 0 Å². The minimum atomic E-state index is 0. The second-order valence-corrected chi connectivity index (χ2v) is 1.34. The number of rotatable bonds is 1. The van der Waals surface area contributed by atoms with E-state index in [2.05, 4.69) is 4.99 Å². The van der Waals surface area contributed by atoms with Crippen LogP contribution in [-0.2, 0) is 0 Å². The van der Waals surface area contributed by atoms with Crippen LogP contribution in [0.1, 0.15) is 0 Å². The van der Waals surface area contributed by atoms with E-state index in [1.165, 1.54) is 0 Å². The van der Waals surface area contributed by atoms with Crippen molar-refractivity contribution in [3.63, 3.8) is 0 Å². The van der Waals surface area contributed by atoms with Crippen molar-refractivity contribution in [1.29, 1.82) is 0 Å². The Labute approximate surface area is 62.8 Å². The van der Waals surface area contributed by atoms with E-state index in [9.17, 15) is 0 Å². The van der Waals surface area contributed by atoms with Gasteiger partial charge < -0.3 is 4.90 Å². The van der Waals surface area contributed by atoms with Gasteiger partial charge in [-0.15, -0.1) is 24.8 Å². The molecule has 0 saturated heterocycles. The zero-order chi connectivity index (χ0) is 4.99. The quantitative estimate of drug-likeness (QED) is 0.412. The van der Waals surface area contributed by atoms with Crippen LogP contribution in [0, 0.1) is 0 Å². The standard InChI is InChI=1S/C4H10N2.2ClH/c1-5-4-6(2)3;;/h4H,1-3H3;2*1H. The molecule has 0 aromatic carbocycles. The molecule has 0 heterocycles. The predicted octanol–water partition coefficient (Wildman–Crippen LogP) is 1.05. The van der Waals surface area contributed by atoms with Gasteiger partial charge in [-0.05, 0) is 0 Å². The molecule has 8 heavy (non-hydrogen) atoms. The van der Waals surface area contributed by atoms with Gasteiger partial charge in [0, 0.05) is 21.1 Å². The molecule has 0 radical (unpaired) electrons. The van der Waals surface area contributed by atoms with Crippen molar-refractivity contribution in [2.24, 2.45) is 4.99 Å². The highest BCUT2D eigenvalue weighted by Gasteiger charge is 1.67. The molecule has 0 aliphatic heterocycles. The summed E-state index contributed by atoms with van der Waals surface area (Å²) in [5, 5.41) is 0. The molecule has 2 nitrogen and oxygen atoms in total. The minimum Gasteiger partial charge on any atom is -0.369 e. The van der Waals surface area contributed by atoms with E-state index in [1.807, 2.05) is 19.0 Å². The lowest BCUT2D eigenvalue weighted by Crippen LogP contribution is -2.06. The maximum Gasteiger partial charge on any atom is 0.0841 e. The topological polar surface area (TPSA) is 15.6 Å². The first-order valence-corrected chi connectivity index (χ1v) is 1.86. The monoisotopic (exact) mass is 158 g/mol. The van der Waals surface area contributed by atoms with Crippen LogP contribution in [0.15, 0.2) is 4.99 Å². The number of aliphatic imine (C=N–C) groups is 1. The van der Waals surface area contributed by atoms with Crippen LogP contribution in [0.5, 0.6) is 0 Å². The Bertz CT molecular complexity index is 54.0. The van der Waals surface area contributed by atoms with Gasteiger partial charge in [0.15, 0.2) is 0 Å². The third-order valence-electron chi connectivity index (χ3n) is 0.346. The lowest BCUT2D eigenvalue weighted by Gasteiger charge is -1.98. The molecule has 52 valence electrons. The Morgan fingerprint density at radius 1 is 1.25 bits per heavy atom. The third-order valence-corrected chi connectivity index (χ3v) is 0.346. The molecule has 0 aromatic rings. The van der Waals surface area contributed by atoms with Gasteiger partial charge in [0.25, 0.3) is 0 Å². The van der Waals surface area contributed by atoms with Crippen molar-refractivity contribution in [2.75, 3.05) is 21.1 Å². The van der Waals surface area contributed by atoms with E-state index in [0.29, 0.717) is 0 Å². The van der Waals surface area contributed by atoms with E-state index < -0.39 is 0 Å². The Morgan fingerprint density at radius 2 is 1.62 bits per heavy atom. The first kappa shape index (κ1) is 15.7. The van der Waals surface area contributed by atoms with Crippen LogP contribution in [0.25, 0.3) is 0 Å². The molecule has 0 unspecified atom stereocenters. The smallest absolute Gasteiger partial charge is 0.0841 e. The number of nitrogens with zero attached hydrogens (tertiary/aromatic N) is 2. The average Bonchev–Trinajstić information content (AvgIpc) is 1.35. The van der Waals surface area contributed by atoms with Crippen molar-refractivity contribution >= 4 is 31.2 Å². The molecule has 0 bridgehead atoms. The summed E-state index contributed by atoms with van der Waals surface area (Å²) in [6.07, 6.45) is 1.75. The van der Waals surface area contributed by atoms with Gasteiger partial charge in [-0.25, -0.2) is 0 Å². The summed E-state index contributed by atoms with van der Waals surface area (Å²) in [6, 6.07) is 0. The van der Waals surface area contributed by atoms with Gasteiger partial charge in [-0.2, -0.15) is 0 Å². The molecular formula is C4H12Cl2N2. The number of hydrogen-bond acceptors (Lipinski definition) is 1. The van der Waals surface area contributed by atoms with Crippen LogP contribution in [0.2, 0.25) is 0 Å². The summed E-state index contributed by atoms with van der Waals surface area (Å²) >= 11 is 0. The highest BCUT2D eigenvalue weighted by atomic mass is 35.5. The molecule has 4 heteroatoms. The van der Waals surface area contributed by atoms with Gasteiger partial charge in [0.1, 0.15) is 0 Å². The van der Waals surface area contributed by atoms with Gasteiger partial charge in [0.2, 0.25) is 0 Å². The molecule has 0 amide bonds. The van der Waals surface area contributed by atoms with Crippen LogP contribution >= 0.6 is 24.8 Å². The zero-order valence-electron chi connectivity index (χ0n) is 5.29. The van der Waals surface area contributed by atoms with Gasteiger partial charge in [-0.3, -0.25) is 4.99 Å². The fourth-order valence-electron chi connectivity index (χ4n) is 0.231. The second-order valence-electron chi connectivity index (χ2n) is 1.34. The summed E-state index contributed by atoms with van der Waals surface area (Å²) in [4.78, 5) is 5.62. The zero-order valence-corrected chi connectivity index (χ0v) is 6.92. The number of halogens is 2. The largest absolute Gasteiger partial charge is 0.369 e. The maximum atomic E-state index is 3.74. The minimum absolute atomic E-state index is 0. The first-order chi connectivity index (χ1) is 2.77. The maximum absolute atomic E-state index is 3.74. The molecule has 0 N–H and O–H groups in total. The van der Waals surface area contributed by atoms with Crippen molar-refractivity contribution in [1.82, 2.24) is 4.90 Å². The molecular weight excluding hydrogens is 147 g/mol. The molecule has 0 rings (SSSR count). The number of hydrogen-bond donors (Lipinski definition) is 0. The fourth-order valence-corrected chi connectivity index (χ4v) is 0.231. The van der Waals surface area contributed by atoms with E-state index in [-0.39, 0.29) is 24.8 Å². The van der Waals surface area contributed by atoms with Crippen molar-refractivity contribution in [2.45, 2.75) is 0 Å². The molecule has 0 saturated carbocycles. The van der Waals surface area contributed by atoms with Crippen molar-refractivity contribution in [3.05, 3.63) is 0 Å². The third kappa shape index (κ3) is 16.6. The fraction of sp³-hybridized carbons (Fsp3) is 0.750. The highest BCUT2D eigenvalue weighted by molar-refractivity contribution is 5.85. The highest BCUT2D eigenvalue weighted by Crippen LogP contribution is 1.59. The van der Waals surface area contributed by atoms with Gasteiger partial charge in [-0.1, -0.05) is 0 Å². The van der Waals surface area contributed by atoms with Crippen LogP contribution in [0.3, 0.4) is 0 Å². The lowest BCUT2D eigenvalue weighted by atomic mass is 10.9. The summed E-state index contributed by atoms with van der Waals surface area (Å²) in [6.45, 7) is 0. The summed E-state index contributed by atoms with van der Waals surface area (Å²) in [5.41, 5.74) is 0. The summed E-state index contributed by atoms with van der Waals surface area (Å²) in [7, 11) is 5.62. The lowest BCUT2D eigenvalue weighted by molar-refractivity contribution is 0.642. The molecule has 0 aromatic heterocycles. The average molecular weight is 159 g/mol. The second kappa shape index (κ2) is 10.1. The Balaban J connectivity index is -0.000000125. The predicted molar refractivity (Wildman–Crippen MR) is 42.6 cm³/mol. The molecule has 0 spiro atoms. The van der Waals surface area contributed by atoms with Crippen LogP contribution in [-0.4, -0.2) is 32.4 Å². The van der Waals surface area contributed by atoms with E-state index in [1.54, 1.807) is 13.4 Å². The van der Waals surface area contributed by atoms with E-state index >= 15 is 0 Å². The Morgan fingerprint density at radius 3 is 1.62 bits per heavy atom. The summed E-state index contributed by atoms with van der Waals surface area (Å²) < 4.78 is 0. The molecule has 0 atom stereocenters. The van der Waals surface area contributed by atoms with Crippen molar-refractivity contribution in [3.8, 4) is 0 Å². The molecule has 0 fully saturated rings. The van der Waals surface area contributed by atoms with E-state index in [4.69, 9.17) is 0 Å². The molecule has 0 aliphatic carbocycles. The Hall–Kier alpha value is 0.0500. The Kier molecular flexibility index (Phi) is 19.8. The summed E-state index contributed by atoms with van der Waals surface area (Å²) in [5.74, 6) is 0. The molecule has 0 aliphatic rings. The van der Waals surface area contributed by atoms with Gasteiger partial charge in [0.05, 0.1) is 6.34 Å². The normalized spacial score (nSPS) is 7.38.